The number of benzene rings is 7. The quantitative estimate of drug-likeness (QED) is 0.170. The average Bonchev–Trinajstić information content (AvgIpc) is 3.89. The molecule has 0 N–H and O–H groups in total. The van der Waals surface area contributed by atoms with E-state index in [0.29, 0.717) is 39.8 Å². The second-order valence-corrected chi connectivity index (χ2v) is 14.1. The Balaban J connectivity index is 0.952. The molecule has 0 aliphatic heterocycles. The van der Waals surface area contributed by atoms with Crippen molar-refractivity contribution < 1.29 is 19.8 Å². The first kappa shape index (κ1) is 25.3. The Hall–Kier alpha value is -6.85. The van der Waals surface area contributed by atoms with Crippen molar-refractivity contribution in [3.63, 3.8) is 0 Å². The van der Waals surface area contributed by atoms with Crippen LogP contribution in [0, 0.1) is 0 Å². The number of hydrogen-bond acceptors (Lipinski definition) is 5. The maximum absolute atomic E-state index is 9.38. The summed E-state index contributed by atoms with van der Waals surface area (Å²) in [4.78, 5) is 14.9. The van der Waals surface area contributed by atoms with Gasteiger partial charge >= 0.3 is 0 Å². The highest BCUT2D eigenvalue weighted by Gasteiger charge is 2.25. The predicted octanol–water partition coefficient (Wildman–Crippen LogP) is 13.8. The average molecular weight is 732 g/mol. The maximum Gasteiger partial charge on any atom is 0.164 e. The molecule has 5 atom stereocenters. The highest BCUT2D eigenvalue weighted by Crippen LogP contribution is 2.43. The Morgan fingerprint density at radius 1 is 0.482 bits per heavy atom. The van der Waals surface area contributed by atoms with Crippen LogP contribution < -0.4 is 0 Å². The Labute approximate surface area is 335 Å². The van der Waals surface area contributed by atoms with Gasteiger partial charge in [0.2, 0.25) is 0 Å². The maximum atomic E-state index is 9.38. The Kier molecular flexibility index (Phi) is 6.08. The lowest BCUT2D eigenvalue weighted by atomic mass is 9.75. The molecule has 3 aromatic heterocycles. The molecule has 5 nitrogen and oxygen atoms in total. The van der Waals surface area contributed by atoms with E-state index in [1.54, 1.807) is 0 Å². The first-order valence-corrected chi connectivity index (χ1v) is 18.7. The standard InChI is InChI=1S/C51H37N3O2/c1-3-11-32(12-4-1)36-15-9-16-37(29-36)38-25-27-42-43-28-26-39(31-47(43)55-46(42)30-38)51-53-49(34-13-5-2-6-14-34)52-50(54-51)35-23-21-33(22-24-35)40-18-10-19-44-41-17-7-8-20-45(41)56-48(40)44/h1-8,10-14,17-28,30-31,36-37H,9,15-16,29H2/i1D,3D,4D,11D,12D,15D,16D,29D. The molecule has 268 valence electrons. The van der Waals surface area contributed by atoms with Crippen molar-refractivity contribution >= 4 is 43.9 Å². The smallest absolute Gasteiger partial charge is 0.164 e. The Morgan fingerprint density at radius 2 is 1.09 bits per heavy atom. The van der Waals surface area contributed by atoms with Gasteiger partial charge in [0.25, 0.3) is 0 Å². The van der Waals surface area contributed by atoms with Gasteiger partial charge in [0.15, 0.2) is 17.5 Å². The third-order valence-electron chi connectivity index (χ3n) is 10.7. The third kappa shape index (κ3) is 5.75. The lowest BCUT2D eigenvalue weighted by Crippen LogP contribution is -2.12. The van der Waals surface area contributed by atoms with Crippen molar-refractivity contribution in [3.05, 3.63) is 175 Å². The minimum Gasteiger partial charge on any atom is -0.456 e. The van der Waals surface area contributed by atoms with E-state index in [1.165, 1.54) is 0 Å². The zero-order chi connectivity index (χ0) is 44.0. The molecular formula is C51H37N3O2. The fourth-order valence-corrected chi connectivity index (χ4v) is 7.90. The molecule has 0 amide bonds. The normalized spacial score (nSPS) is 21.9. The molecule has 5 heteroatoms. The van der Waals surface area contributed by atoms with E-state index >= 15 is 0 Å². The van der Waals surface area contributed by atoms with Crippen LogP contribution in [0.25, 0.3) is 89.2 Å². The lowest BCUT2D eigenvalue weighted by Gasteiger charge is -2.29. The molecule has 0 saturated heterocycles. The van der Waals surface area contributed by atoms with Crippen molar-refractivity contribution in [2.24, 2.45) is 0 Å². The first-order chi connectivity index (χ1) is 31.0. The number of rotatable bonds is 6. The van der Waals surface area contributed by atoms with Crippen LogP contribution in [0.5, 0.6) is 0 Å². The van der Waals surface area contributed by atoms with E-state index in [9.17, 15) is 1.37 Å². The highest BCUT2D eigenvalue weighted by molar-refractivity contribution is 6.09. The monoisotopic (exact) mass is 731 g/mol. The number of furan rings is 2. The van der Waals surface area contributed by atoms with Crippen LogP contribution in [0.3, 0.4) is 0 Å². The molecule has 0 radical (unpaired) electrons. The van der Waals surface area contributed by atoms with Crippen LogP contribution in [0.15, 0.2) is 173 Å². The molecule has 56 heavy (non-hydrogen) atoms. The largest absolute Gasteiger partial charge is 0.456 e. The van der Waals surface area contributed by atoms with Crippen molar-refractivity contribution in [1.82, 2.24) is 15.0 Å². The van der Waals surface area contributed by atoms with Gasteiger partial charge in [-0.3, -0.25) is 0 Å². The second-order valence-electron chi connectivity index (χ2n) is 14.1. The number of hydrogen-bond donors (Lipinski definition) is 0. The summed E-state index contributed by atoms with van der Waals surface area (Å²) in [7, 11) is 0. The highest BCUT2D eigenvalue weighted by atomic mass is 16.3. The summed E-state index contributed by atoms with van der Waals surface area (Å²) in [6, 6.07) is 41.3. The lowest BCUT2D eigenvalue weighted by molar-refractivity contribution is 0.394. The fourth-order valence-electron chi connectivity index (χ4n) is 7.90. The summed E-state index contributed by atoms with van der Waals surface area (Å²) in [5.74, 6) is -0.208. The molecular weight excluding hydrogens is 687 g/mol. The molecule has 1 aliphatic carbocycles. The van der Waals surface area contributed by atoms with Gasteiger partial charge in [-0.25, -0.2) is 15.0 Å². The number of fused-ring (bicyclic) bond motifs is 6. The van der Waals surface area contributed by atoms with Gasteiger partial charge in [0.1, 0.15) is 22.3 Å². The Bertz CT molecular complexity index is 3440. The number of nitrogens with zero attached hydrogens (tertiary/aromatic N) is 3. The summed E-state index contributed by atoms with van der Waals surface area (Å²) in [5.41, 5.74) is 7.80. The topological polar surface area (TPSA) is 65.0 Å². The van der Waals surface area contributed by atoms with Crippen molar-refractivity contribution in [3.8, 4) is 45.3 Å². The molecule has 1 saturated carbocycles. The third-order valence-corrected chi connectivity index (χ3v) is 10.7. The summed E-state index contributed by atoms with van der Waals surface area (Å²) >= 11 is 0. The first-order valence-electron chi connectivity index (χ1n) is 22.9. The van der Waals surface area contributed by atoms with Gasteiger partial charge < -0.3 is 8.83 Å². The van der Waals surface area contributed by atoms with Crippen LogP contribution in [0.1, 0.15) is 59.5 Å². The molecule has 10 aromatic rings. The van der Waals surface area contributed by atoms with Gasteiger partial charge in [0.05, 0.1) is 6.85 Å². The van der Waals surface area contributed by atoms with Gasteiger partial charge in [-0.2, -0.15) is 0 Å². The van der Waals surface area contributed by atoms with E-state index in [1.807, 2.05) is 103 Å². The summed E-state index contributed by atoms with van der Waals surface area (Å²) in [6.07, 6.45) is -2.84. The van der Waals surface area contributed by atoms with E-state index in [0.717, 1.165) is 55.0 Å². The van der Waals surface area contributed by atoms with Crippen LogP contribution >= 0.6 is 0 Å². The van der Waals surface area contributed by atoms with Crippen molar-refractivity contribution in [2.45, 2.75) is 37.4 Å². The fraction of sp³-hybridized carbons (Fsp3) is 0.118. The Morgan fingerprint density at radius 3 is 1.89 bits per heavy atom. The number of aromatic nitrogens is 3. The molecule has 7 aromatic carbocycles. The van der Waals surface area contributed by atoms with Crippen LogP contribution in [0.2, 0.25) is 0 Å². The molecule has 5 unspecified atom stereocenters. The van der Waals surface area contributed by atoms with Gasteiger partial charge in [0, 0.05) is 47.9 Å². The molecule has 3 heterocycles. The molecule has 1 fully saturated rings. The molecule has 11 rings (SSSR count). The molecule has 0 spiro atoms. The van der Waals surface area contributed by atoms with E-state index in [2.05, 4.69) is 30.3 Å². The molecule has 0 bridgehead atoms. The van der Waals surface area contributed by atoms with Gasteiger partial charge in [-0.1, -0.05) is 146 Å². The van der Waals surface area contributed by atoms with Crippen molar-refractivity contribution in [2.75, 3.05) is 0 Å². The van der Waals surface area contributed by atoms with E-state index in [4.69, 9.17) is 33.4 Å². The minimum absolute atomic E-state index is 0.0361. The van der Waals surface area contributed by atoms with Crippen LogP contribution in [-0.4, -0.2) is 15.0 Å². The second kappa shape index (κ2) is 13.5. The van der Waals surface area contributed by atoms with Crippen LogP contribution in [-0.2, 0) is 0 Å². The summed E-state index contributed by atoms with van der Waals surface area (Å²) in [5, 5.41) is 3.83. The molecule has 1 aliphatic rings. The van der Waals surface area contributed by atoms with Gasteiger partial charge in [-0.15, -0.1) is 0 Å². The van der Waals surface area contributed by atoms with Gasteiger partial charge in [-0.05, 0) is 72.0 Å². The predicted molar refractivity (Wildman–Crippen MR) is 227 cm³/mol. The number of para-hydroxylation sites is 2. The summed E-state index contributed by atoms with van der Waals surface area (Å²) in [6.45, 7) is 0. The minimum atomic E-state index is -1.12. The van der Waals surface area contributed by atoms with E-state index < -0.39 is 61.2 Å². The zero-order valence-corrected chi connectivity index (χ0v) is 30.0. The van der Waals surface area contributed by atoms with Crippen molar-refractivity contribution in [1.29, 1.82) is 0 Å². The van der Waals surface area contributed by atoms with E-state index in [-0.39, 0.29) is 12.0 Å². The zero-order valence-electron chi connectivity index (χ0n) is 38.0. The van der Waals surface area contributed by atoms with Crippen LogP contribution in [0.4, 0.5) is 0 Å². The summed E-state index contributed by atoms with van der Waals surface area (Å²) < 4.78 is 81.8. The SMILES string of the molecule is [2H]c1c([2H])c([2H])c(C2C([2H])CC([2H])C(c3ccc4c(c3)oc3cc(-c5nc(-c6ccccc6)nc(-c6ccc(-c7cccc8c7oc7ccccc78)cc6)n5)ccc34)C2[2H])c([2H])c1[2H].